The summed E-state index contributed by atoms with van der Waals surface area (Å²) in [5.41, 5.74) is 1.40. The Morgan fingerprint density at radius 1 is 1.21 bits per heavy atom. The van der Waals surface area contributed by atoms with Gasteiger partial charge in [0.25, 0.3) is 0 Å². The zero-order valence-electron chi connectivity index (χ0n) is 9.35. The summed E-state index contributed by atoms with van der Waals surface area (Å²) in [4.78, 5) is 11.5. The Hall–Kier alpha value is -0.590. The van der Waals surface area contributed by atoms with E-state index in [9.17, 15) is 4.79 Å². The average Bonchev–Trinajstić information content (AvgIpc) is 2.20. The van der Waals surface area contributed by atoms with Crippen LogP contribution in [0.1, 0.15) is 64.7 Å². The van der Waals surface area contributed by atoms with Crippen LogP contribution in [0.5, 0.6) is 0 Å². The van der Waals surface area contributed by atoms with E-state index < -0.39 is 0 Å². The molecule has 0 saturated heterocycles. The van der Waals surface area contributed by atoms with E-state index in [0.717, 1.165) is 12.8 Å². The molecule has 0 aromatic carbocycles. The number of carbonyl (C=O) groups excluding carboxylic acids is 1. The molecule has 1 heteroatoms. The van der Waals surface area contributed by atoms with Crippen LogP contribution in [-0.4, -0.2) is 5.78 Å². The first-order chi connectivity index (χ1) is 6.83. The van der Waals surface area contributed by atoms with Crippen LogP contribution in [0.2, 0.25) is 0 Å². The minimum Gasteiger partial charge on any atom is -0.295 e. The molecule has 0 heterocycles. The summed E-state index contributed by atoms with van der Waals surface area (Å²) in [6.07, 6.45) is 12.4. The van der Waals surface area contributed by atoms with Crippen LogP contribution < -0.4 is 0 Å². The number of ketones is 1. The summed E-state index contributed by atoms with van der Waals surface area (Å²) >= 11 is 0. The highest BCUT2D eigenvalue weighted by molar-refractivity contribution is 5.90. The van der Waals surface area contributed by atoms with Crippen molar-refractivity contribution in [1.29, 1.82) is 0 Å². The summed E-state index contributed by atoms with van der Waals surface area (Å²) < 4.78 is 0. The molecule has 1 rings (SSSR count). The van der Waals surface area contributed by atoms with Crippen molar-refractivity contribution in [2.24, 2.45) is 0 Å². The van der Waals surface area contributed by atoms with Crippen molar-refractivity contribution in [2.45, 2.75) is 64.7 Å². The predicted octanol–water partition coefficient (Wildman–Crippen LogP) is 4.03. The second-order valence-electron chi connectivity index (χ2n) is 4.29. The van der Waals surface area contributed by atoms with E-state index >= 15 is 0 Å². The lowest BCUT2D eigenvalue weighted by molar-refractivity contribution is -0.114. The lowest BCUT2D eigenvalue weighted by Crippen LogP contribution is -1.99. The SMILES string of the molecule is CCCCCC(=O)C=C1CCCCC1. The van der Waals surface area contributed by atoms with E-state index in [1.54, 1.807) is 0 Å². The Labute approximate surface area is 87.6 Å². The van der Waals surface area contributed by atoms with Crippen molar-refractivity contribution >= 4 is 5.78 Å². The maximum absolute atomic E-state index is 11.5. The number of unbranched alkanes of at least 4 members (excludes halogenated alkanes) is 2. The average molecular weight is 194 g/mol. The van der Waals surface area contributed by atoms with Gasteiger partial charge >= 0.3 is 0 Å². The van der Waals surface area contributed by atoms with Gasteiger partial charge in [0.15, 0.2) is 5.78 Å². The Morgan fingerprint density at radius 3 is 2.57 bits per heavy atom. The molecule has 0 radical (unpaired) electrons. The molecule has 0 aliphatic heterocycles. The van der Waals surface area contributed by atoms with Gasteiger partial charge in [-0.05, 0) is 38.2 Å². The maximum atomic E-state index is 11.5. The first-order valence-electron chi connectivity index (χ1n) is 6.05. The number of allylic oxidation sites excluding steroid dienone is 2. The third kappa shape index (κ3) is 4.59. The van der Waals surface area contributed by atoms with Crippen LogP contribution in [0.25, 0.3) is 0 Å². The standard InChI is InChI=1S/C13H22O/c1-2-3-5-10-13(14)11-12-8-6-4-7-9-12/h11H,2-10H2,1H3. The third-order valence-electron chi connectivity index (χ3n) is 2.89. The number of carbonyl (C=O) groups is 1. The van der Waals surface area contributed by atoms with Crippen LogP contribution in [-0.2, 0) is 4.79 Å². The van der Waals surface area contributed by atoms with Gasteiger partial charge in [0.05, 0.1) is 0 Å². The van der Waals surface area contributed by atoms with E-state index in [1.165, 1.54) is 50.5 Å². The fourth-order valence-electron chi connectivity index (χ4n) is 2.00. The Morgan fingerprint density at radius 2 is 1.93 bits per heavy atom. The largest absolute Gasteiger partial charge is 0.295 e. The number of rotatable bonds is 5. The second kappa shape index (κ2) is 6.80. The van der Waals surface area contributed by atoms with Gasteiger partial charge in [0.1, 0.15) is 0 Å². The molecular weight excluding hydrogens is 172 g/mol. The fourth-order valence-corrected chi connectivity index (χ4v) is 2.00. The fraction of sp³-hybridized carbons (Fsp3) is 0.769. The molecule has 1 nitrogen and oxygen atoms in total. The van der Waals surface area contributed by atoms with Gasteiger partial charge in [0, 0.05) is 6.42 Å². The molecule has 0 atom stereocenters. The van der Waals surface area contributed by atoms with E-state index in [-0.39, 0.29) is 0 Å². The van der Waals surface area contributed by atoms with Gasteiger partial charge in [0.2, 0.25) is 0 Å². The second-order valence-corrected chi connectivity index (χ2v) is 4.29. The zero-order valence-corrected chi connectivity index (χ0v) is 9.35. The molecule has 0 aromatic rings. The normalized spacial score (nSPS) is 16.8. The number of hydrogen-bond donors (Lipinski definition) is 0. The molecule has 1 fully saturated rings. The van der Waals surface area contributed by atoms with E-state index in [0.29, 0.717) is 5.78 Å². The molecule has 0 unspecified atom stereocenters. The summed E-state index contributed by atoms with van der Waals surface area (Å²) in [5.74, 6) is 0.357. The molecule has 0 aromatic heterocycles. The zero-order chi connectivity index (χ0) is 10.2. The topological polar surface area (TPSA) is 17.1 Å². The van der Waals surface area contributed by atoms with E-state index in [1.807, 2.05) is 6.08 Å². The first kappa shape index (κ1) is 11.5. The Balaban J connectivity index is 2.23. The maximum Gasteiger partial charge on any atom is 0.155 e. The predicted molar refractivity (Wildman–Crippen MR) is 60.3 cm³/mol. The van der Waals surface area contributed by atoms with Crippen molar-refractivity contribution in [1.82, 2.24) is 0 Å². The highest BCUT2D eigenvalue weighted by Gasteiger charge is 2.06. The van der Waals surface area contributed by atoms with E-state index in [2.05, 4.69) is 6.92 Å². The van der Waals surface area contributed by atoms with Gasteiger partial charge in [-0.3, -0.25) is 4.79 Å². The van der Waals surface area contributed by atoms with Gasteiger partial charge in [-0.1, -0.05) is 31.8 Å². The summed E-state index contributed by atoms with van der Waals surface area (Å²) in [5, 5.41) is 0. The summed E-state index contributed by atoms with van der Waals surface area (Å²) in [6.45, 7) is 2.17. The summed E-state index contributed by atoms with van der Waals surface area (Å²) in [6, 6.07) is 0. The van der Waals surface area contributed by atoms with Crippen LogP contribution in [0, 0.1) is 0 Å². The van der Waals surface area contributed by atoms with Crippen molar-refractivity contribution in [2.75, 3.05) is 0 Å². The molecule has 14 heavy (non-hydrogen) atoms. The molecule has 0 bridgehead atoms. The van der Waals surface area contributed by atoms with Crippen molar-refractivity contribution < 1.29 is 4.79 Å². The van der Waals surface area contributed by atoms with Gasteiger partial charge in [-0.15, -0.1) is 0 Å². The monoisotopic (exact) mass is 194 g/mol. The van der Waals surface area contributed by atoms with Gasteiger partial charge in [-0.25, -0.2) is 0 Å². The molecular formula is C13H22O. The molecule has 80 valence electrons. The molecule has 1 saturated carbocycles. The lowest BCUT2D eigenvalue weighted by atomic mass is 9.93. The van der Waals surface area contributed by atoms with Crippen molar-refractivity contribution in [3.05, 3.63) is 11.6 Å². The molecule has 0 spiro atoms. The first-order valence-corrected chi connectivity index (χ1v) is 6.05. The Bertz CT molecular complexity index is 195. The van der Waals surface area contributed by atoms with Crippen molar-refractivity contribution in [3.63, 3.8) is 0 Å². The van der Waals surface area contributed by atoms with Crippen LogP contribution in [0.15, 0.2) is 11.6 Å². The molecule has 0 amide bonds. The van der Waals surface area contributed by atoms with Gasteiger partial charge in [-0.2, -0.15) is 0 Å². The highest BCUT2D eigenvalue weighted by Crippen LogP contribution is 2.22. The Kier molecular flexibility index (Phi) is 5.58. The van der Waals surface area contributed by atoms with Crippen LogP contribution >= 0.6 is 0 Å². The number of hydrogen-bond acceptors (Lipinski definition) is 1. The van der Waals surface area contributed by atoms with Crippen LogP contribution in [0.3, 0.4) is 0 Å². The minimum absolute atomic E-state index is 0.357. The molecule has 1 aliphatic rings. The van der Waals surface area contributed by atoms with Crippen LogP contribution in [0.4, 0.5) is 0 Å². The highest BCUT2D eigenvalue weighted by atomic mass is 16.1. The third-order valence-corrected chi connectivity index (χ3v) is 2.89. The van der Waals surface area contributed by atoms with Crippen molar-refractivity contribution in [3.8, 4) is 0 Å². The quantitative estimate of drug-likeness (QED) is 0.477. The molecule has 1 aliphatic carbocycles. The molecule has 0 N–H and O–H groups in total. The minimum atomic E-state index is 0.357. The smallest absolute Gasteiger partial charge is 0.155 e. The van der Waals surface area contributed by atoms with Gasteiger partial charge < -0.3 is 0 Å². The van der Waals surface area contributed by atoms with E-state index in [4.69, 9.17) is 0 Å². The summed E-state index contributed by atoms with van der Waals surface area (Å²) in [7, 11) is 0. The lowest BCUT2D eigenvalue weighted by Gasteiger charge is -2.12.